The van der Waals surface area contributed by atoms with Gasteiger partial charge in [0.1, 0.15) is 0 Å². The van der Waals surface area contributed by atoms with Gasteiger partial charge in [-0.3, -0.25) is 9.40 Å². The van der Waals surface area contributed by atoms with Gasteiger partial charge in [-0.15, -0.1) is 0 Å². The summed E-state index contributed by atoms with van der Waals surface area (Å²) in [7, 11) is -3.27. The molecule has 0 aromatic carbocycles. The van der Waals surface area contributed by atoms with Crippen LogP contribution in [-0.2, 0) is 15.6 Å². The fraction of sp³-hybridized carbons (Fsp3) is 0.824. The molecule has 4 fully saturated rings. The Labute approximate surface area is 138 Å². The van der Waals surface area contributed by atoms with E-state index in [4.69, 9.17) is 0 Å². The molecule has 0 aliphatic heterocycles. The van der Waals surface area contributed by atoms with Gasteiger partial charge >= 0.3 is 0 Å². The highest BCUT2D eigenvalue weighted by Gasteiger charge is 2.52. The summed E-state index contributed by atoms with van der Waals surface area (Å²) < 4.78 is 28.8. The van der Waals surface area contributed by atoms with Gasteiger partial charge in [0.05, 0.1) is 11.3 Å². The third-order valence-electron chi connectivity index (χ3n) is 6.11. The maximum Gasteiger partial charge on any atom is 0.233 e. The van der Waals surface area contributed by atoms with Gasteiger partial charge in [-0.05, 0) is 62.7 Å². The van der Waals surface area contributed by atoms with Crippen LogP contribution in [0.5, 0.6) is 0 Å². The van der Waals surface area contributed by atoms with Gasteiger partial charge in [-0.2, -0.15) is 5.10 Å². The van der Waals surface area contributed by atoms with E-state index in [2.05, 4.69) is 14.5 Å². The Balaban J connectivity index is 1.52. The minimum Gasteiger partial charge on any atom is -0.266 e. The number of hydrogen-bond donors (Lipinski definition) is 1. The zero-order chi connectivity index (χ0) is 16.1. The van der Waals surface area contributed by atoms with Crippen LogP contribution in [0.2, 0.25) is 0 Å². The monoisotopic (exact) mass is 337 g/mol. The van der Waals surface area contributed by atoms with Crippen molar-refractivity contribution >= 4 is 15.8 Å². The lowest BCUT2D eigenvalue weighted by Gasteiger charge is -2.56. The summed E-state index contributed by atoms with van der Waals surface area (Å²) in [6.45, 7) is 2.00. The Bertz CT molecular complexity index is 644. The molecule has 23 heavy (non-hydrogen) atoms. The molecule has 4 saturated carbocycles. The highest BCUT2D eigenvalue weighted by Crippen LogP contribution is 2.58. The molecule has 4 aliphatic rings. The molecule has 0 atom stereocenters. The molecule has 0 radical (unpaired) electrons. The van der Waals surface area contributed by atoms with E-state index in [9.17, 15) is 8.42 Å². The maximum absolute atomic E-state index is 12.1. The number of aromatic nitrogens is 2. The topological polar surface area (TPSA) is 64.0 Å². The van der Waals surface area contributed by atoms with E-state index in [1.54, 1.807) is 0 Å². The second-order valence-corrected chi connectivity index (χ2v) is 9.90. The second-order valence-electron chi connectivity index (χ2n) is 8.06. The van der Waals surface area contributed by atoms with Crippen molar-refractivity contribution in [1.29, 1.82) is 0 Å². The first-order chi connectivity index (χ1) is 11.0. The smallest absolute Gasteiger partial charge is 0.233 e. The highest BCUT2D eigenvalue weighted by atomic mass is 32.2. The van der Waals surface area contributed by atoms with Crippen molar-refractivity contribution in [3.05, 3.63) is 12.3 Å². The summed E-state index contributed by atoms with van der Waals surface area (Å²) >= 11 is 0. The lowest BCUT2D eigenvalue weighted by atomic mass is 9.53. The number of nitrogens with zero attached hydrogens (tertiary/aromatic N) is 2. The van der Waals surface area contributed by atoms with Gasteiger partial charge < -0.3 is 0 Å². The Morgan fingerprint density at radius 3 is 2.39 bits per heavy atom. The number of nitrogens with one attached hydrogen (secondary N) is 1. The quantitative estimate of drug-likeness (QED) is 0.866. The SMILES string of the molecule is CCCCS(=O)(=O)Nc1ccn(C23CC4CC(CC(C4)C2)C3)n1. The molecule has 1 N–H and O–H groups in total. The average Bonchev–Trinajstić information content (AvgIpc) is 2.92. The van der Waals surface area contributed by atoms with E-state index in [0.717, 1.165) is 24.2 Å². The van der Waals surface area contributed by atoms with Crippen LogP contribution in [0.1, 0.15) is 58.3 Å². The van der Waals surface area contributed by atoms with E-state index in [1.807, 2.05) is 19.2 Å². The Hall–Kier alpha value is -1.04. The van der Waals surface area contributed by atoms with Gasteiger partial charge in [0, 0.05) is 12.3 Å². The first-order valence-corrected chi connectivity index (χ1v) is 10.7. The van der Waals surface area contributed by atoms with Crippen LogP contribution >= 0.6 is 0 Å². The van der Waals surface area contributed by atoms with Crippen molar-refractivity contribution in [1.82, 2.24) is 9.78 Å². The van der Waals surface area contributed by atoms with Crippen LogP contribution in [0.4, 0.5) is 5.82 Å². The Morgan fingerprint density at radius 1 is 1.22 bits per heavy atom. The van der Waals surface area contributed by atoms with Crippen LogP contribution in [0.3, 0.4) is 0 Å². The molecular weight excluding hydrogens is 310 g/mol. The normalized spacial score (nSPS) is 35.6. The van der Waals surface area contributed by atoms with Crippen LogP contribution in [-0.4, -0.2) is 24.0 Å². The molecule has 0 saturated heterocycles. The highest BCUT2D eigenvalue weighted by molar-refractivity contribution is 7.92. The number of unbranched alkanes of at least 4 members (excludes halogenated alkanes) is 1. The summed E-state index contributed by atoms with van der Waals surface area (Å²) in [5.41, 5.74) is 0.155. The van der Waals surface area contributed by atoms with Crippen LogP contribution in [0.25, 0.3) is 0 Å². The minimum atomic E-state index is -3.27. The number of anilines is 1. The van der Waals surface area contributed by atoms with Gasteiger partial charge in [0.2, 0.25) is 10.0 Å². The van der Waals surface area contributed by atoms with Crippen molar-refractivity contribution < 1.29 is 8.42 Å². The lowest BCUT2D eigenvalue weighted by Crippen LogP contribution is -2.52. The lowest BCUT2D eigenvalue weighted by molar-refractivity contribution is -0.0492. The molecule has 1 aromatic rings. The number of rotatable bonds is 6. The predicted octanol–water partition coefficient (Wildman–Crippen LogP) is 3.35. The van der Waals surface area contributed by atoms with Gasteiger partial charge in [-0.1, -0.05) is 13.3 Å². The fourth-order valence-corrected chi connectivity index (χ4v) is 6.73. The third-order valence-corrected chi connectivity index (χ3v) is 7.45. The molecule has 0 unspecified atom stereocenters. The first-order valence-electron chi connectivity index (χ1n) is 9.05. The summed E-state index contributed by atoms with van der Waals surface area (Å²) in [5.74, 6) is 3.23. The van der Waals surface area contributed by atoms with Crippen LogP contribution < -0.4 is 4.72 Å². The Morgan fingerprint density at radius 2 is 1.83 bits per heavy atom. The number of hydrogen-bond acceptors (Lipinski definition) is 3. The summed E-state index contributed by atoms with van der Waals surface area (Å²) in [6, 6.07) is 1.82. The van der Waals surface area contributed by atoms with Gasteiger partial charge in [0.25, 0.3) is 0 Å². The number of sulfonamides is 1. The van der Waals surface area contributed by atoms with Crippen molar-refractivity contribution in [2.24, 2.45) is 17.8 Å². The van der Waals surface area contributed by atoms with E-state index in [0.29, 0.717) is 12.2 Å². The fourth-order valence-electron chi connectivity index (χ4n) is 5.53. The molecule has 6 heteroatoms. The minimum absolute atomic E-state index is 0.155. The first kappa shape index (κ1) is 15.5. The van der Waals surface area contributed by atoms with Crippen molar-refractivity contribution in [3.63, 3.8) is 0 Å². The molecule has 1 heterocycles. The predicted molar refractivity (Wildman–Crippen MR) is 90.7 cm³/mol. The zero-order valence-corrected chi connectivity index (χ0v) is 14.7. The largest absolute Gasteiger partial charge is 0.266 e. The van der Waals surface area contributed by atoms with Crippen LogP contribution in [0.15, 0.2) is 12.3 Å². The molecule has 5 rings (SSSR count). The maximum atomic E-state index is 12.1. The van der Waals surface area contributed by atoms with Gasteiger partial charge in [-0.25, -0.2) is 8.42 Å². The molecule has 128 valence electrons. The third kappa shape index (κ3) is 2.90. The second kappa shape index (κ2) is 5.50. The van der Waals surface area contributed by atoms with Gasteiger partial charge in [0.15, 0.2) is 5.82 Å². The van der Waals surface area contributed by atoms with E-state index in [1.165, 1.54) is 38.5 Å². The van der Waals surface area contributed by atoms with Crippen molar-refractivity contribution in [3.8, 4) is 0 Å². The summed E-state index contributed by atoms with van der Waals surface area (Å²) in [4.78, 5) is 0. The van der Waals surface area contributed by atoms with Crippen LogP contribution in [0, 0.1) is 17.8 Å². The van der Waals surface area contributed by atoms with E-state index in [-0.39, 0.29) is 11.3 Å². The van der Waals surface area contributed by atoms with Crippen molar-refractivity contribution in [2.45, 2.75) is 63.8 Å². The molecule has 4 bridgehead atoms. The standard InChI is InChI=1S/C17H27N3O2S/c1-2-3-6-23(21,22)19-16-4-5-20(18-16)17-10-13-7-14(11-17)9-15(8-13)12-17/h4-5,13-15H,2-3,6-12H2,1H3,(H,18,19). The van der Waals surface area contributed by atoms with E-state index >= 15 is 0 Å². The summed E-state index contributed by atoms with van der Waals surface area (Å²) in [6.07, 6.45) is 11.4. The summed E-state index contributed by atoms with van der Waals surface area (Å²) in [5, 5.41) is 4.62. The molecule has 5 nitrogen and oxygen atoms in total. The average molecular weight is 337 g/mol. The molecule has 0 amide bonds. The molecule has 1 aromatic heterocycles. The Kier molecular flexibility index (Phi) is 3.70. The molecular formula is C17H27N3O2S. The molecule has 4 aliphatic carbocycles. The zero-order valence-electron chi connectivity index (χ0n) is 13.9. The molecule has 0 spiro atoms. The van der Waals surface area contributed by atoms with Crippen molar-refractivity contribution in [2.75, 3.05) is 10.5 Å². The van der Waals surface area contributed by atoms with E-state index < -0.39 is 10.0 Å².